The van der Waals surface area contributed by atoms with Crippen molar-refractivity contribution in [2.24, 2.45) is 0 Å². The Morgan fingerprint density at radius 2 is 1.31 bits per heavy atom. The van der Waals surface area contributed by atoms with Gasteiger partial charge in [0.1, 0.15) is 6.17 Å². The van der Waals surface area contributed by atoms with Crippen LogP contribution >= 0.6 is 0 Å². The predicted octanol–water partition coefficient (Wildman–Crippen LogP) is 11.0. The Bertz CT molecular complexity index is 2730. The van der Waals surface area contributed by atoms with Crippen LogP contribution in [0.1, 0.15) is 17.3 Å². The van der Waals surface area contributed by atoms with Crippen molar-refractivity contribution in [1.29, 1.82) is 0 Å². The quantitative estimate of drug-likeness (QED) is 0.129. The topological polar surface area (TPSA) is 16.3 Å². The van der Waals surface area contributed by atoms with E-state index in [1.54, 1.807) is 6.07 Å². The van der Waals surface area contributed by atoms with Crippen molar-refractivity contribution in [2.75, 3.05) is 16.8 Å². The average molecular weight is 751 g/mol. The van der Waals surface area contributed by atoms with Crippen LogP contribution in [-0.4, -0.2) is 16.2 Å². The first-order chi connectivity index (χ1) is 24.7. The molecule has 1 unspecified atom stereocenters. The number of benzene rings is 7. The summed E-state index contributed by atoms with van der Waals surface area (Å²) in [6, 6.07) is 59.6. The summed E-state index contributed by atoms with van der Waals surface area (Å²) in [4.78, 5) is 4.12. The van der Waals surface area contributed by atoms with Gasteiger partial charge in [0.05, 0.1) is 11.0 Å². The number of anilines is 3. The van der Waals surface area contributed by atoms with Gasteiger partial charge in [-0.3, -0.25) is 0 Å². The summed E-state index contributed by atoms with van der Waals surface area (Å²) in [7, 11) is 2.02. The standard InChI is InChI=1S/C45H29FN4.Pd/c1-47-29-48(40-22-11-10-21-39(40)47)34-18-12-13-30(27-34)44(46)31-23-24-35-36-25-26-41-43(45(36)50(42(35)28-31)33-16-6-3-7-17-33)37-19-8-9-20-38(37)49(41)32-14-4-2-5-15-32;/h2-16,18-26,29,44H,1H3;/q-4;. The molecule has 7 aromatic carbocycles. The van der Waals surface area contributed by atoms with Crippen LogP contribution in [0.25, 0.3) is 55.0 Å². The third kappa shape index (κ3) is 4.82. The summed E-state index contributed by atoms with van der Waals surface area (Å²) in [6.07, 6.45) is -1.43. The molecule has 250 valence electrons. The summed E-state index contributed by atoms with van der Waals surface area (Å²) in [5.41, 5.74) is 9.90. The van der Waals surface area contributed by atoms with Gasteiger partial charge in [-0.1, -0.05) is 65.8 Å². The van der Waals surface area contributed by atoms with Crippen molar-refractivity contribution >= 4 is 60.7 Å². The van der Waals surface area contributed by atoms with Gasteiger partial charge in [-0.25, -0.2) is 4.39 Å². The van der Waals surface area contributed by atoms with Crippen molar-refractivity contribution in [1.82, 2.24) is 9.13 Å². The Hall–Kier alpha value is -5.67. The normalized spacial score (nSPS) is 13.3. The number of rotatable bonds is 5. The number of para-hydroxylation sites is 5. The van der Waals surface area contributed by atoms with Gasteiger partial charge in [0.25, 0.3) is 0 Å². The summed E-state index contributed by atoms with van der Waals surface area (Å²) < 4.78 is 21.3. The van der Waals surface area contributed by atoms with E-state index in [1.165, 1.54) is 0 Å². The Kier molecular flexibility index (Phi) is 7.54. The van der Waals surface area contributed by atoms with Gasteiger partial charge < -0.3 is 18.9 Å². The second-order valence-corrected chi connectivity index (χ2v) is 12.7. The average Bonchev–Trinajstić information content (AvgIpc) is 3.82. The Balaban J connectivity index is 0.00000348. The maximum absolute atomic E-state index is 16.8. The fourth-order valence-electron chi connectivity index (χ4n) is 7.65. The van der Waals surface area contributed by atoms with Gasteiger partial charge in [-0.2, -0.15) is 73.4 Å². The van der Waals surface area contributed by atoms with E-state index in [1.807, 2.05) is 74.4 Å². The summed E-state index contributed by atoms with van der Waals surface area (Å²) in [5.74, 6) is 0. The first kappa shape index (κ1) is 31.3. The first-order valence-electron chi connectivity index (χ1n) is 16.7. The molecule has 3 heterocycles. The first-order valence-corrected chi connectivity index (χ1v) is 16.7. The molecule has 1 aliphatic heterocycles. The molecule has 0 saturated heterocycles. The maximum atomic E-state index is 16.8. The fraction of sp³-hybridized carbons (Fsp3) is 0.0444. The molecule has 0 spiro atoms. The molecule has 2 aromatic heterocycles. The van der Waals surface area contributed by atoms with Gasteiger partial charge in [-0.05, 0) is 48.8 Å². The molecular weight excluding hydrogens is 722 g/mol. The minimum atomic E-state index is -1.43. The number of hydrogen-bond donors (Lipinski definition) is 0. The number of fused-ring (bicyclic) bond motifs is 8. The SMILES string of the molecule is CN1[CH-]N(c2[c-]c(C(F)c3[c-]c4c(cc3)c3ccc5c(c6ccccc6n5-c5ccccc5)c3n4-c3[c-]cccc3)ccc2)c2ccccc21.[Pd]. The number of alkyl halides is 1. The van der Waals surface area contributed by atoms with Gasteiger partial charge in [0.2, 0.25) is 0 Å². The van der Waals surface area contributed by atoms with Crippen molar-refractivity contribution in [3.63, 3.8) is 0 Å². The van der Waals surface area contributed by atoms with Crippen LogP contribution in [0.2, 0.25) is 0 Å². The maximum Gasteiger partial charge on any atom is 0.106 e. The van der Waals surface area contributed by atoms with Crippen molar-refractivity contribution in [3.05, 3.63) is 182 Å². The zero-order valence-corrected chi connectivity index (χ0v) is 29.0. The van der Waals surface area contributed by atoms with Gasteiger partial charge >= 0.3 is 0 Å². The van der Waals surface area contributed by atoms with Gasteiger partial charge in [-0.15, -0.1) is 28.3 Å². The molecule has 0 amide bonds. The molecule has 6 heteroatoms. The molecule has 0 bridgehead atoms. The second kappa shape index (κ2) is 12.3. The summed E-state index contributed by atoms with van der Waals surface area (Å²) in [5, 5.41) is 4.38. The third-order valence-electron chi connectivity index (χ3n) is 9.86. The molecular formula is C45H29FN4Pd-4. The molecule has 0 saturated carbocycles. The van der Waals surface area contributed by atoms with E-state index in [9.17, 15) is 0 Å². The molecule has 0 N–H and O–H groups in total. The molecule has 9 aromatic rings. The van der Waals surface area contributed by atoms with Crippen LogP contribution < -0.4 is 9.80 Å². The van der Waals surface area contributed by atoms with Crippen molar-refractivity contribution in [3.8, 4) is 11.4 Å². The largest absolute Gasteiger partial charge is 0.504 e. The van der Waals surface area contributed by atoms with Crippen LogP contribution in [-0.2, 0) is 20.4 Å². The van der Waals surface area contributed by atoms with Crippen LogP contribution in [0.15, 0.2) is 146 Å². The zero-order valence-electron chi connectivity index (χ0n) is 27.5. The number of nitrogens with zero attached hydrogens (tertiary/aromatic N) is 4. The molecule has 0 aliphatic carbocycles. The summed E-state index contributed by atoms with van der Waals surface area (Å²) >= 11 is 0. The van der Waals surface area contributed by atoms with E-state index in [4.69, 9.17) is 0 Å². The fourth-order valence-corrected chi connectivity index (χ4v) is 7.65. The van der Waals surface area contributed by atoms with E-state index < -0.39 is 6.17 Å². The molecule has 4 nitrogen and oxygen atoms in total. The third-order valence-corrected chi connectivity index (χ3v) is 9.86. The van der Waals surface area contributed by atoms with E-state index in [2.05, 4.69) is 116 Å². The van der Waals surface area contributed by atoms with E-state index >= 15 is 4.39 Å². The zero-order chi connectivity index (χ0) is 33.3. The van der Waals surface area contributed by atoms with Crippen LogP contribution in [0, 0.1) is 24.9 Å². The predicted molar refractivity (Wildman–Crippen MR) is 202 cm³/mol. The van der Waals surface area contributed by atoms with Gasteiger partial charge in [0.15, 0.2) is 0 Å². The second-order valence-electron chi connectivity index (χ2n) is 12.7. The molecule has 0 radical (unpaired) electrons. The van der Waals surface area contributed by atoms with Gasteiger partial charge in [0, 0.05) is 53.8 Å². The Morgan fingerprint density at radius 3 is 2.16 bits per heavy atom. The minimum Gasteiger partial charge on any atom is -0.504 e. The number of halogens is 1. The number of hydrogen-bond acceptors (Lipinski definition) is 2. The molecule has 51 heavy (non-hydrogen) atoms. The van der Waals surface area contributed by atoms with Crippen molar-refractivity contribution < 1.29 is 24.8 Å². The molecule has 0 fully saturated rings. The van der Waals surface area contributed by atoms with E-state index in [0.717, 1.165) is 72.0 Å². The molecule has 1 atom stereocenters. The monoisotopic (exact) mass is 750 g/mol. The van der Waals surface area contributed by atoms with Crippen LogP contribution in [0.5, 0.6) is 0 Å². The van der Waals surface area contributed by atoms with Crippen molar-refractivity contribution in [2.45, 2.75) is 6.17 Å². The summed E-state index contributed by atoms with van der Waals surface area (Å²) in [6.45, 7) is 2.01. The Labute approximate surface area is 309 Å². The minimum absolute atomic E-state index is 0. The van der Waals surface area contributed by atoms with Crippen LogP contribution in [0.3, 0.4) is 0 Å². The smallest absolute Gasteiger partial charge is 0.106 e. The Morgan fingerprint density at radius 1 is 0.588 bits per heavy atom. The van der Waals surface area contributed by atoms with E-state index in [0.29, 0.717) is 11.1 Å². The molecule has 10 rings (SSSR count). The molecule has 1 aliphatic rings. The number of aromatic nitrogens is 2. The van der Waals surface area contributed by atoms with Crippen LogP contribution in [0.4, 0.5) is 21.5 Å². The van der Waals surface area contributed by atoms with E-state index in [-0.39, 0.29) is 20.4 Å².